The van der Waals surface area contributed by atoms with Gasteiger partial charge in [0.1, 0.15) is 6.29 Å². The number of allylic oxidation sites excluding steroid dienone is 1. The van der Waals surface area contributed by atoms with Crippen molar-refractivity contribution in [3.63, 3.8) is 0 Å². The third kappa shape index (κ3) is 1.76. The highest BCUT2D eigenvalue weighted by atomic mass is 16.1. The van der Waals surface area contributed by atoms with E-state index in [4.69, 9.17) is 0 Å². The third-order valence-corrected chi connectivity index (χ3v) is 4.17. The van der Waals surface area contributed by atoms with Gasteiger partial charge >= 0.3 is 0 Å². The van der Waals surface area contributed by atoms with Gasteiger partial charge in [0.2, 0.25) is 0 Å². The summed E-state index contributed by atoms with van der Waals surface area (Å²) in [5.74, 6) is 0. The van der Waals surface area contributed by atoms with E-state index in [9.17, 15) is 4.79 Å². The molecule has 2 heteroatoms. The Hall–Kier alpha value is -2.61. The highest BCUT2D eigenvalue weighted by Crippen LogP contribution is 2.37. The van der Waals surface area contributed by atoms with Crippen molar-refractivity contribution in [2.24, 2.45) is 0 Å². The first-order valence-corrected chi connectivity index (χ1v) is 7.12. The summed E-state index contributed by atoms with van der Waals surface area (Å²) in [4.78, 5) is 11.5. The number of carbonyl (C=O) groups excluding carboxylic acids is 1. The summed E-state index contributed by atoms with van der Waals surface area (Å²) >= 11 is 0. The largest absolute Gasteiger partial charge is 0.336 e. The van der Waals surface area contributed by atoms with Gasteiger partial charge in [0, 0.05) is 22.0 Å². The maximum atomic E-state index is 11.5. The number of nitrogens with zero attached hydrogens (tertiary/aromatic N) is 1. The second kappa shape index (κ2) is 4.45. The number of aldehydes is 1. The Kier molecular flexibility index (Phi) is 2.58. The van der Waals surface area contributed by atoms with Crippen LogP contribution in [0.5, 0.6) is 0 Å². The SMILES string of the molecule is Cc1cccc(C2=C(C=O)Cn3c2cc2ccccc23)c1. The summed E-state index contributed by atoms with van der Waals surface area (Å²) in [7, 11) is 0. The van der Waals surface area contributed by atoms with Crippen LogP contribution in [0.4, 0.5) is 0 Å². The number of fused-ring (bicyclic) bond motifs is 3. The molecule has 0 saturated heterocycles. The summed E-state index contributed by atoms with van der Waals surface area (Å²) in [6.45, 7) is 2.74. The predicted molar refractivity (Wildman–Crippen MR) is 85.2 cm³/mol. The Balaban J connectivity index is 2.00. The van der Waals surface area contributed by atoms with Gasteiger partial charge in [-0.25, -0.2) is 0 Å². The zero-order chi connectivity index (χ0) is 14.4. The van der Waals surface area contributed by atoms with E-state index < -0.39 is 0 Å². The molecule has 0 atom stereocenters. The van der Waals surface area contributed by atoms with Crippen LogP contribution in [-0.2, 0) is 11.3 Å². The molecule has 0 amide bonds. The van der Waals surface area contributed by atoms with E-state index in [2.05, 4.69) is 54.0 Å². The van der Waals surface area contributed by atoms with Crippen molar-refractivity contribution in [1.29, 1.82) is 0 Å². The molecule has 2 aromatic carbocycles. The van der Waals surface area contributed by atoms with Crippen LogP contribution < -0.4 is 0 Å². The third-order valence-electron chi connectivity index (χ3n) is 4.17. The fourth-order valence-electron chi connectivity index (χ4n) is 3.23. The minimum atomic E-state index is 0.662. The average Bonchev–Trinajstić information content (AvgIpc) is 3.02. The number of rotatable bonds is 2. The van der Waals surface area contributed by atoms with Crippen LogP contribution in [0.25, 0.3) is 16.5 Å². The van der Waals surface area contributed by atoms with Gasteiger partial charge in [-0.05, 0) is 24.6 Å². The quantitative estimate of drug-likeness (QED) is 0.648. The topological polar surface area (TPSA) is 22.0 Å². The molecule has 0 unspecified atom stereocenters. The summed E-state index contributed by atoms with van der Waals surface area (Å²) in [6, 6.07) is 18.9. The number of hydrogen-bond donors (Lipinski definition) is 0. The number of aromatic nitrogens is 1. The van der Waals surface area contributed by atoms with Gasteiger partial charge in [0.15, 0.2) is 0 Å². The van der Waals surface area contributed by atoms with Crippen LogP contribution in [0, 0.1) is 6.92 Å². The van der Waals surface area contributed by atoms with Crippen LogP contribution >= 0.6 is 0 Å². The first kappa shape index (κ1) is 12.2. The molecule has 0 N–H and O–H groups in total. The molecule has 3 aromatic rings. The van der Waals surface area contributed by atoms with E-state index in [1.807, 2.05) is 12.1 Å². The monoisotopic (exact) mass is 273 g/mol. The Morgan fingerprint density at radius 1 is 1.05 bits per heavy atom. The van der Waals surface area contributed by atoms with Crippen molar-refractivity contribution >= 4 is 22.8 Å². The zero-order valence-electron chi connectivity index (χ0n) is 11.8. The molecule has 0 bridgehead atoms. The normalized spacial score (nSPS) is 13.8. The standard InChI is InChI=1S/C19H15NO/c1-13-5-4-7-15(9-13)19-16(12-21)11-20-17-8-3-2-6-14(17)10-18(19)20/h2-10,12H,11H2,1H3. The van der Waals surface area contributed by atoms with Gasteiger partial charge in [-0.2, -0.15) is 0 Å². The molecule has 0 saturated carbocycles. The molecule has 2 nitrogen and oxygen atoms in total. The van der Waals surface area contributed by atoms with E-state index >= 15 is 0 Å². The number of hydrogen-bond acceptors (Lipinski definition) is 1. The molecule has 1 aromatic heterocycles. The Morgan fingerprint density at radius 2 is 1.90 bits per heavy atom. The Morgan fingerprint density at radius 3 is 2.71 bits per heavy atom. The van der Waals surface area contributed by atoms with Gasteiger partial charge in [0.25, 0.3) is 0 Å². The lowest BCUT2D eigenvalue weighted by atomic mass is 9.98. The molecule has 21 heavy (non-hydrogen) atoms. The molecule has 1 aliphatic heterocycles. The van der Waals surface area contributed by atoms with Crippen molar-refractivity contribution in [2.45, 2.75) is 13.5 Å². The second-order valence-electron chi connectivity index (χ2n) is 5.56. The summed E-state index contributed by atoms with van der Waals surface area (Å²) in [5, 5.41) is 1.22. The molecule has 2 heterocycles. The molecule has 1 aliphatic rings. The van der Waals surface area contributed by atoms with Crippen LogP contribution in [-0.4, -0.2) is 10.9 Å². The van der Waals surface area contributed by atoms with Crippen molar-refractivity contribution in [3.05, 3.63) is 77.0 Å². The maximum absolute atomic E-state index is 11.5. The lowest BCUT2D eigenvalue weighted by Gasteiger charge is -2.05. The van der Waals surface area contributed by atoms with Crippen LogP contribution in [0.3, 0.4) is 0 Å². The highest BCUT2D eigenvalue weighted by molar-refractivity contribution is 6.00. The van der Waals surface area contributed by atoms with Crippen molar-refractivity contribution < 1.29 is 4.79 Å². The van der Waals surface area contributed by atoms with Gasteiger partial charge in [0.05, 0.1) is 12.2 Å². The van der Waals surface area contributed by atoms with Gasteiger partial charge in [-0.15, -0.1) is 0 Å². The molecule has 0 aliphatic carbocycles. The molecule has 0 radical (unpaired) electrons. The number of para-hydroxylation sites is 1. The van der Waals surface area contributed by atoms with Crippen LogP contribution in [0.15, 0.2) is 60.2 Å². The molecule has 4 rings (SSSR count). The minimum Gasteiger partial charge on any atom is -0.336 e. The smallest absolute Gasteiger partial charge is 0.148 e. The van der Waals surface area contributed by atoms with E-state index in [1.54, 1.807) is 0 Å². The van der Waals surface area contributed by atoms with Gasteiger partial charge in [-0.1, -0.05) is 48.0 Å². The Labute approximate surface area is 123 Å². The fourth-order valence-corrected chi connectivity index (χ4v) is 3.23. The zero-order valence-corrected chi connectivity index (χ0v) is 11.8. The van der Waals surface area contributed by atoms with Crippen LogP contribution in [0.1, 0.15) is 16.8 Å². The molecular formula is C19H15NO. The van der Waals surface area contributed by atoms with Gasteiger partial charge in [-0.3, -0.25) is 4.79 Å². The van der Waals surface area contributed by atoms with Gasteiger partial charge < -0.3 is 4.57 Å². The number of benzene rings is 2. The molecular weight excluding hydrogens is 258 g/mol. The second-order valence-corrected chi connectivity index (χ2v) is 5.56. The van der Waals surface area contributed by atoms with Crippen molar-refractivity contribution in [3.8, 4) is 0 Å². The molecule has 0 spiro atoms. The highest BCUT2D eigenvalue weighted by Gasteiger charge is 2.24. The van der Waals surface area contributed by atoms with E-state index in [0.717, 1.165) is 28.7 Å². The lowest BCUT2D eigenvalue weighted by Crippen LogP contribution is -1.95. The summed E-state index contributed by atoms with van der Waals surface area (Å²) in [5.41, 5.74) is 6.60. The summed E-state index contributed by atoms with van der Waals surface area (Å²) in [6.07, 6.45) is 0.999. The maximum Gasteiger partial charge on any atom is 0.148 e. The number of aryl methyl sites for hydroxylation is 1. The molecule has 102 valence electrons. The van der Waals surface area contributed by atoms with E-state index in [0.29, 0.717) is 6.54 Å². The average molecular weight is 273 g/mol. The number of carbonyl (C=O) groups is 1. The minimum absolute atomic E-state index is 0.662. The van der Waals surface area contributed by atoms with Crippen LogP contribution in [0.2, 0.25) is 0 Å². The predicted octanol–water partition coefficient (Wildman–Crippen LogP) is 3.96. The molecule has 0 fully saturated rings. The lowest BCUT2D eigenvalue weighted by molar-refractivity contribution is -0.105. The van der Waals surface area contributed by atoms with E-state index in [-0.39, 0.29) is 0 Å². The first-order chi connectivity index (χ1) is 10.3. The first-order valence-electron chi connectivity index (χ1n) is 7.12. The Bertz CT molecular complexity index is 899. The van der Waals surface area contributed by atoms with E-state index in [1.165, 1.54) is 16.5 Å². The van der Waals surface area contributed by atoms with Crippen molar-refractivity contribution in [1.82, 2.24) is 4.57 Å². The van der Waals surface area contributed by atoms with Crippen molar-refractivity contribution in [2.75, 3.05) is 0 Å². The fraction of sp³-hybridized carbons (Fsp3) is 0.105. The summed E-state index contributed by atoms with van der Waals surface area (Å²) < 4.78 is 2.23.